The molecule has 0 aromatic heterocycles. The van der Waals surface area contributed by atoms with Gasteiger partial charge < -0.3 is 9.68 Å². The summed E-state index contributed by atoms with van der Waals surface area (Å²) < 4.78 is 6.12. The van der Waals surface area contributed by atoms with Gasteiger partial charge in [-0.3, -0.25) is 0 Å². The number of rotatable bonds is 3. The fourth-order valence-electron chi connectivity index (χ4n) is 3.61. The molecule has 2 nitrogen and oxygen atoms in total. The molecule has 0 heterocycles. The number of hydrogen-bond donors (Lipinski definition) is 1. The monoisotopic (exact) mass is 238 g/mol. The fourth-order valence-corrected chi connectivity index (χ4v) is 3.61. The highest BCUT2D eigenvalue weighted by Gasteiger charge is 2.50. The van der Waals surface area contributed by atoms with Crippen LogP contribution in [-0.4, -0.2) is 17.7 Å². The highest BCUT2D eigenvalue weighted by molar-refractivity contribution is 6.47. The average molecular weight is 238 g/mol. The summed E-state index contributed by atoms with van der Waals surface area (Å²) in [4.78, 5) is 0. The molecule has 0 aromatic carbocycles. The second-order valence-corrected chi connectivity index (χ2v) is 6.88. The molecule has 2 aliphatic carbocycles. The first kappa shape index (κ1) is 13.4. The molecule has 2 rings (SSSR count). The summed E-state index contributed by atoms with van der Waals surface area (Å²) in [5.74, 6) is 1.13. The predicted molar refractivity (Wildman–Crippen MR) is 71.9 cm³/mol. The van der Waals surface area contributed by atoms with E-state index in [9.17, 15) is 5.02 Å². The van der Waals surface area contributed by atoms with E-state index in [-0.39, 0.29) is 10.9 Å². The zero-order valence-electron chi connectivity index (χ0n) is 11.8. The van der Waals surface area contributed by atoms with Crippen molar-refractivity contribution in [3.05, 3.63) is 0 Å². The Labute approximate surface area is 106 Å². The Morgan fingerprint density at radius 2 is 1.65 bits per heavy atom. The van der Waals surface area contributed by atoms with E-state index in [1.807, 2.05) is 0 Å². The van der Waals surface area contributed by atoms with E-state index >= 15 is 0 Å². The minimum absolute atomic E-state index is 0.0364. The summed E-state index contributed by atoms with van der Waals surface area (Å²) in [6.07, 6.45) is 7.11. The molecular weight excluding hydrogens is 211 g/mol. The third kappa shape index (κ3) is 2.29. The van der Waals surface area contributed by atoms with E-state index in [1.165, 1.54) is 25.7 Å². The van der Waals surface area contributed by atoms with Crippen molar-refractivity contribution in [3.63, 3.8) is 0 Å². The lowest BCUT2D eigenvalue weighted by atomic mass is 9.53. The molecule has 98 valence electrons. The predicted octanol–water partition coefficient (Wildman–Crippen LogP) is 3.64. The van der Waals surface area contributed by atoms with Crippen LogP contribution in [0.3, 0.4) is 0 Å². The third-order valence-electron chi connectivity index (χ3n) is 5.78. The Bertz CT molecular complexity index is 283. The van der Waals surface area contributed by atoms with Crippen LogP contribution in [0.25, 0.3) is 0 Å². The Kier molecular flexibility index (Phi) is 3.62. The fraction of sp³-hybridized carbons (Fsp3) is 1.00. The van der Waals surface area contributed by atoms with E-state index in [1.54, 1.807) is 0 Å². The summed E-state index contributed by atoms with van der Waals surface area (Å²) in [6, 6.07) is 0. The smallest absolute Gasteiger partial charge is 0.427 e. The molecule has 4 unspecified atom stereocenters. The van der Waals surface area contributed by atoms with E-state index in [0.717, 1.165) is 12.8 Å². The van der Waals surface area contributed by atoms with Gasteiger partial charge in [0, 0.05) is 5.31 Å². The van der Waals surface area contributed by atoms with Crippen LogP contribution in [0, 0.1) is 11.8 Å². The van der Waals surface area contributed by atoms with Crippen molar-refractivity contribution >= 4 is 7.12 Å². The first-order chi connectivity index (χ1) is 7.88. The van der Waals surface area contributed by atoms with Gasteiger partial charge in [0.15, 0.2) is 0 Å². The molecule has 4 atom stereocenters. The summed E-state index contributed by atoms with van der Waals surface area (Å²) in [5, 5.41) is 10.5. The molecule has 0 aromatic rings. The van der Waals surface area contributed by atoms with Gasteiger partial charge >= 0.3 is 7.12 Å². The van der Waals surface area contributed by atoms with Crippen molar-refractivity contribution in [1.82, 2.24) is 0 Å². The van der Waals surface area contributed by atoms with Crippen molar-refractivity contribution < 1.29 is 9.68 Å². The highest BCUT2D eigenvalue weighted by Crippen LogP contribution is 2.52. The van der Waals surface area contributed by atoms with Gasteiger partial charge in [-0.25, -0.2) is 0 Å². The maximum absolute atomic E-state index is 10.5. The quantitative estimate of drug-likeness (QED) is 0.760. The number of hydrogen-bond acceptors (Lipinski definition) is 2. The molecule has 17 heavy (non-hydrogen) atoms. The molecule has 0 bridgehead atoms. The topological polar surface area (TPSA) is 29.5 Å². The Hall–Kier alpha value is -0.0151. The Morgan fingerprint density at radius 1 is 1.06 bits per heavy atom. The molecule has 2 aliphatic rings. The standard InChI is InChI=1S/C14H27BO2/c1-11-7-5-9-13(11,3)15(16)17-14(4)10-6-8-12(14)2/h11-12,16H,5-10H2,1-4H3. The first-order valence-electron chi connectivity index (χ1n) is 7.24. The van der Waals surface area contributed by atoms with Crippen molar-refractivity contribution in [2.45, 2.75) is 77.1 Å². The van der Waals surface area contributed by atoms with Gasteiger partial charge in [-0.2, -0.15) is 0 Å². The van der Waals surface area contributed by atoms with Crippen LogP contribution < -0.4 is 0 Å². The molecule has 2 saturated carbocycles. The van der Waals surface area contributed by atoms with Gasteiger partial charge in [0.05, 0.1) is 5.60 Å². The average Bonchev–Trinajstić information content (AvgIpc) is 2.75. The van der Waals surface area contributed by atoms with Crippen LogP contribution in [-0.2, 0) is 4.65 Å². The Morgan fingerprint density at radius 3 is 2.12 bits per heavy atom. The van der Waals surface area contributed by atoms with Crippen LogP contribution in [0.4, 0.5) is 0 Å². The van der Waals surface area contributed by atoms with Gasteiger partial charge in [0.25, 0.3) is 0 Å². The lowest BCUT2D eigenvalue weighted by Gasteiger charge is -2.38. The molecule has 0 radical (unpaired) electrons. The van der Waals surface area contributed by atoms with Crippen LogP contribution >= 0.6 is 0 Å². The van der Waals surface area contributed by atoms with E-state index in [0.29, 0.717) is 11.8 Å². The lowest BCUT2D eigenvalue weighted by molar-refractivity contribution is 0.0234. The van der Waals surface area contributed by atoms with Crippen LogP contribution in [0.2, 0.25) is 5.31 Å². The summed E-state index contributed by atoms with van der Waals surface area (Å²) in [6.45, 7) is 8.87. The molecule has 3 heteroatoms. The maximum atomic E-state index is 10.5. The van der Waals surface area contributed by atoms with Crippen LogP contribution in [0.15, 0.2) is 0 Å². The first-order valence-corrected chi connectivity index (χ1v) is 7.24. The summed E-state index contributed by atoms with van der Waals surface area (Å²) in [7, 11) is -0.592. The van der Waals surface area contributed by atoms with E-state index in [4.69, 9.17) is 4.65 Å². The van der Waals surface area contributed by atoms with E-state index in [2.05, 4.69) is 27.7 Å². The molecule has 0 amide bonds. The van der Waals surface area contributed by atoms with Crippen molar-refractivity contribution in [2.75, 3.05) is 0 Å². The van der Waals surface area contributed by atoms with Gasteiger partial charge in [-0.1, -0.05) is 40.0 Å². The zero-order valence-corrected chi connectivity index (χ0v) is 11.8. The van der Waals surface area contributed by atoms with Crippen molar-refractivity contribution in [1.29, 1.82) is 0 Å². The second-order valence-electron chi connectivity index (χ2n) is 6.88. The van der Waals surface area contributed by atoms with Gasteiger partial charge in [0.1, 0.15) is 0 Å². The summed E-state index contributed by atoms with van der Waals surface area (Å²) in [5.41, 5.74) is -0.106. The SMILES string of the molecule is CC1CCCC1(C)OB(O)C1(C)CCCC1C. The minimum atomic E-state index is -0.592. The molecule has 2 fully saturated rings. The van der Waals surface area contributed by atoms with Crippen molar-refractivity contribution in [3.8, 4) is 0 Å². The van der Waals surface area contributed by atoms with E-state index < -0.39 is 7.12 Å². The Balaban J connectivity index is 2.03. The lowest BCUT2D eigenvalue weighted by Crippen LogP contribution is -2.45. The normalized spacial score (nSPS) is 46.4. The third-order valence-corrected chi connectivity index (χ3v) is 5.78. The molecular formula is C14H27BO2. The van der Waals surface area contributed by atoms with Gasteiger partial charge in [-0.15, -0.1) is 0 Å². The molecule has 0 saturated heterocycles. The second kappa shape index (κ2) is 4.58. The minimum Gasteiger partial charge on any atom is -0.427 e. The summed E-state index contributed by atoms with van der Waals surface area (Å²) >= 11 is 0. The maximum Gasteiger partial charge on any atom is 0.461 e. The molecule has 0 spiro atoms. The largest absolute Gasteiger partial charge is 0.461 e. The van der Waals surface area contributed by atoms with Gasteiger partial charge in [-0.05, 0) is 38.0 Å². The van der Waals surface area contributed by atoms with Crippen LogP contribution in [0.5, 0.6) is 0 Å². The van der Waals surface area contributed by atoms with Crippen LogP contribution in [0.1, 0.15) is 66.2 Å². The molecule has 1 N–H and O–H groups in total. The zero-order chi connectivity index (χ0) is 12.7. The highest BCUT2D eigenvalue weighted by atomic mass is 16.5. The van der Waals surface area contributed by atoms with Gasteiger partial charge in [0.2, 0.25) is 0 Å². The molecule has 0 aliphatic heterocycles. The van der Waals surface area contributed by atoms with Crippen molar-refractivity contribution in [2.24, 2.45) is 11.8 Å².